The van der Waals surface area contributed by atoms with E-state index in [0.717, 1.165) is 5.69 Å². The van der Waals surface area contributed by atoms with Gasteiger partial charge in [-0.05, 0) is 18.2 Å². The van der Waals surface area contributed by atoms with Gasteiger partial charge in [0.05, 0.1) is 0 Å². The lowest BCUT2D eigenvalue weighted by molar-refractivity contribution is 1.38. The Kier molecular flexibility index (Phi) is 2.53. The SMILES string of the molecule is CN=C(N)Nc1cccc(N)c1. The van der Waals surface area contributed by atoms with Crippen LogP contribution < -0.4 is 16.8 Å². The number of hydrogen-bond donors (Lipinski definition) is 3. The number of hydrogen-bond acceptors (Lipinski definition) is 2. The first-order valence-corrected chi connectivity index (χ1v) is 3.57. The quantitative estimate of drug-likeness (QED) is 0.323. The normalized spacial score (nSPS) is 11.2. The van der Waals surface area contributed by atoms with Crippen molar-refractivity contribution >= 4 is 17.3 Å². The molecule has 0 aromatic heterocycles. The Hall–Kier alpha value is -1.71. The van der Waals surface area contributed by atoms with E-state index in [1.54, 1.807) is 13.1 Å². The van der Waals surface area contributed by atoms with Gasteiger partial charge in [0.15, 0.2) is 5.96 Å². The maximum absolute atomic E-state index is 5.56. The van der Waals surface area contributed by atoms with Gasteiger partial charge < -0.3 is 16.8 Å². The second-order valence-electron chi connectivity index (χ2n) is 2.36. The number of guanidine groups is 1. The Balaban J connectivity index is 2.76. The minimum absolute atomic E-state index is 0.376. The molecular weight excluding hydrogens is 152 g/mol. The smallest absolute Gasteiger partial charge is 0.192 e. The highest BCUT2D eigenvalue weighted by Crippen LogP contribution is 2.10. The third-order valence-electron chi connectivity index (χ3n) is 1.40. The van der Waals surface area contributed by atoms with Crippen LogP contribution in [0.1, 0.15) is 0 Å². The van der Waals surface area contributed by atoms with Crippen molar-refractivity contribution in [3.05, 3.63) is 24.3 Å². The largest absolute Gasteiger partial charge is 0.399 e. The zero-order valence-corrected chi connectivity index (χ0v) is 6.91. The highest BCUT2D eigenvalue weighted by molar-refractivity contribution is 5.92. The van der Waals surface area contributed by atoms with Gasteiger partial charge in [0, 0.05) is 18.4 Å². The van der Waals surface area contributed by atoms with Crippen LogP contribution in [-0.2, 0) is 0 Å². The summed E-state index contributed by atoms with van der Waals surface area (Å²) in [7, 11) is 1.62. The van der Waals surface area contributed by atoms with E-state index in [-0.39, 0.29) is 0 Å². The van der Waals surface area contributed by atoms with E-state index in [9.17, 15) is 0 Å². The van der Waals surface area contributed by atoms with Crippen LogP contribution in [0.5, 0.6) is 0 Å². The number of rotatable bonds is 1. The van der Waals surface area contributed by atoms with Crippen LogP contribution in [0, 0.1) is 0 Å². The van der Waals surface area contributed by atoms with E-state index in [4.69, 9.17) is 11.5 Å². The average Bonchev–Trinajstić information content (AvgIpc) is 2.04. The van der Waals surface area contributed by atoms with E-state index < -0.39 is 0 Å². The van der Waals surface area contributed by atoms with Gasteiger partial charge in [0.2, 0.25) is 0 Å². The second kappa shape index (κ2) is 3.61. The molecule has 0 bridgehead atoms. The van der Waals surface area contributed by atoms with Crippen molar-refractivity contribution < 1.29 is 0 Å². The standard InChI is InChI=1S/C8H12N4/c1-11-8(10)12-7-4-2-3-6(9)5-7/h2-5H,9H2,1H3,(H3,10,11,12). The first kappa shape index (κ1) is 8.39. The lowest BCUT2D eigenvalue weighted by Gasteiger charge is -2.04. The Morgan fingerprint density at radius 1 is 1.50 bits per heavy atom. The average molecular weight is 164 g/mol. The van der Waals surface area contributed by atoms with E-state index in [2.05, 4.69) is 10.3 Å². The molecule has 0 radical (unpaired) electrons. The van der Waals surface area contributed by atoms with E-state index in [1.165, 1.54) is 0 Å². The van der Waals surface area contributed by atoms with Crippen LogP contribution in [0.15, 0.2) is 29.3 Å². The van der Waals surface area contributed by atoms with Crippen LogP contribution in [0.3, 0.4) is 0 Å². The molecule has 12 heavy (non-hydrogen) atoms. The number of aliphatic imine (C=N–C) groups is 1. The van der Waals surface area contributed by atoms with Gasteiger partial charge in [-0.2, -0.15) is 0 Å². The number of nitrogens with zero attached hydrogens (tertiary/aromatic N) is 1. The molecule has 1 aromatic rings. The van der Waals surface area contributed by atoms with Crippen molar-refractivity contribution in [3.63, 3.8) is 0 Å². The Bertz CT molecular complexity index is 293. The first-order chi connectivity index (χ1) is 5.72. The molecule has 0 heterocycles. The predicted molar refractivity (Wildman–Crippen MR) is 52.0 cm³/mol. The summed E-state index contributed by atoms with van der Waals surface area (Å²) in [5.74, 6) is 0.376. The lowest BCUT2D eigenvalue weighted by Crippen LogP contribution is -2.21. The number of benzene rings is 1. The molecule has 1 rings (SSSR count). The van der Waals surface area contributed by atoms with Gasteiger partial charge >= 0.3 is 0 Å². The molecule has 0 fully saturated rings. The summed E-state index contributed by atoms with van der Waals surface area (Å²) in [6.45, 7) is 0. The monoisotopic (exact) mass is 164 g/mol. The van der Waals surface area contributed by atoms with Crippen LogP contribution >= 0.6 is 0 Å². The molecule has 5 N–H and O–H groups in total. The van der Waals surface area contributed by atoms with Crippen molar-refractivity contribution in [1.82, 2.24) is 0 Å². The van der Waals surface area contributed by atoms with Gasteiger partial charge in [-0.25, -0.2) is 0 Å². The molecule has 0 spiro atoms. The number of nitrogens with two attached hydrogens (primary N) is 2. The van der Waals surface area contributed by atoms with Crippen LogP contribution in [0.4, 0.5) is 11.4 Å². The van der Waals surface area contributed by atoms with Gasteiger partial charge in [0.1, 0.15) is 0 Å². The van der Waals surface area contributed by atoms with Crippen LogP contribution in [-0.4, -0.2) is 13.0 Å². The molecule has 4 heteroatoms. The Morgan fingerprint density at radius 2 is 2.25 bits per heavy atom. The highest BCUT2D eigenvalue weighted by Gasteiger charge is 1.92. The fourth-order valence-electron chi connectivity index (χ4n) is 0.820. The van der Waals surface area contributed by atoms with Crippen molar-refractivity contribution in [2.45, 2.75) is 0 Å². The first-order valence-electron chi connectivity index (χ1n) is 3.57. The molecule has 0 aliphatic rings. The summed E-state index contributed by atoms with van der Waals surface area (Å²) in [6.07, 6.45) is 0. The maximum Gasteiger partial charge on any atom is 0.192 e. The molecule has 0 amide bonds. The predicted octanol–water partition coefficient (Wildman–Crippen LogP) is 0.625. The lowest BCUT2D eigenvalue weighted by atomic mass is 10.3. The van der Waals surface area contributed by atoms with Gasteiger partial charge in [0.25, 0.3) is 0 Å². The summed E-state index contributed by atoms with van der Waals surface area (Å²) in [6, 6.07) is 7.32. The zero-order valence-electron chi connectivity index (χ0n) is 6.91. The highest BCUT2D eigenvalue weighted by atomic mass is 15.1. The van der Waals surface area contributed by atoms with Crippen molar-refractivity contribution in [1.29, 1.82) is 0 Å². The van der Waals surface area contributed by atoms with Gasteiger partial charge in [-0.3, -0.25) is 4.99 Å². The van der Waals surface area contributed by atoms with Gasteiger partial charge in [-0.1, -0.05) is 6.07 Å². The summed E-state index contributed by atoms with van der Waals surface area (Å²) in [5, 5.41) is 2.88. The molecule has 0 aliphatic heterocycles. The van der Waals surface area contributed by atoms with E-state index in [0.29, 0.717) is 11.6 Å². The summed E-state index contributed by atoms with van der Waals surface area (Å²) in [4.78, 5) is 3.76. The Labute approximate surface area is 71.3 Å². The number of anilines is 2. The Morgan fingerprint density at radius 3 is 2.83 bits per heavy atom. The molecule has 0 aliphatic carbocycles. The third-order valence-corrected chi connectivity index (χ3v) is 1.40. The molecule has 4 nitrogen and oxygen atoms in total. The van der Waals surface area contributed by atoms with Crippen molar-refractivity contribution in [3.8, 4) is 0 Å². The summed E-state index contributed by atoms with van der Waals surface area (Å²) in [5.41, 5.74) is 12.6. The van der Waals surface area contributed by atoms with E-state index in [1.807, 2.05) is 18.2 Å². The molecule has 1 aromatic carbocycles. The number of nitrogen functional groups attached to an aromatic ring is 1. The zero-order chi connectivity index (χ0) is 8.97. The molecule has 64 valence electrons. The minimum Gasteiger partial charge on any atom is -0.399 e. The minimum atomic E-state index is 0.376. The maximum atomic E-state index is 5.56. The molecule has 0 saturated carbocycles. The van der Waals surface area contributed by atoms with Crippen LogP contribution in [0.2, 0.25) is 0 Å². The molecular formula is C8H12N4. The molecule has 0 unspecified atom stereocenters. The summed E-state index contributed by atoms with van der Waals surface area (Å²) >= 11 is 0. The third kappa shape index (κ3) is 2.16. The topological polar surface area (TPSA) is 76.4 Å². The summed E-state index contributed by atoms with van der Waals surface area (Å²) < 4.78 is 0. The van der Waals surface area contributed by atoms with Crippen molar-refractivity contribution in [2.24, 2.45) is 10.7 Å². The fourth-order valence-corrected chi connectivity index (χ4v) is 0.820. The van der Waals surface area contributed by atoms with Crippen molar-refractivity contribution in [2.75, 3.05) is 18.1 Å². The number of nitrogens with one attached hydrogen (secondary N) is 1. The van der Waals surface area contributed by atoms with Crippen LogP contribution in [0.25, 0.3) is 0 Å². The second-order valence-corrected chi connectivity index (χ2v) is 2.36. The molecule has 0 atom stereocenters. The molecule has 0 saturated heterocycles. The van der Waals surface area contributed by atoms with E-state index >= 15 is 0 Å². The fraction of sp³-hybridized carbons (Fsp3) is 0.125. The van der Waals surface area contributed by atoms with Gasteiger partial charge in [-0.15, -0.1) is 0 Å².